The van der Waals surface area contributed by atoms with E-state index in [4.69, 9.17) is 13.0 Å². The molecule has 0 N–H and O–H groups in total. The molecule has 9 rings (SSSR count). The maximum atomic E-state index is 8.59. The highest BCUT2D eigenvalue weighted by atomic mass is 28.4. The molecule has 0 heterocycles. The molecule has 0 amide bonds. The first-order valence-electron chi connectivity index (χ1n) is 23.8. The van der Waals surface area contributed by atoms with Crippen LogP contribution < -0.4 is 46.7 Å². The number of benzene rings is 9. The van der Waals surface area contributed by atoms with Crippen molar-refractivity contribution in [3.05, 3.63) is 273 Å². The lowest BCUT2D eigenvalue weighted by Gasteiger charge is -2.53. The van der Waals surface area contributed by atoms with E-state index in [1.54, 1.807) is 0 Å². The minimum absolute atomic E-state index is 0.709. The lowest BCUT2D eigenvalue weighted by Crippen LogP contribution is -2.83. The second-order valence-electron chi connectivity index (χ2n) is 18.2. The van der Waals surface area contributed by atoms with E-state index in [0.717, 1.165) is 22.0 Å². The van der Waals surface area contributed by atoms with E-state index in [1.165, 1.54) is 31.1 Å². The van der Waals surface area contributed by atoms with Crippen molar-refractivity contribution < 1.29 is 13.0 Å². The fourth-order valence-corrected chi connectivity index (χ4v) is 30.9. The maximum absolute atomic E-state index is 8.59. The summed E-state index contributed by atoms with van der Waals surface area (Å²) in [6, 6.07) is 98.9. The van der Waals surface area contributed by atoms with Gasteiger partial charge in [0.2, 0.25) is 0 Å². The summed E-state index contributed by atoms with van der Waals surface area (Å²) < 4.78 is 25.4. The fourth-order valence-electron chi connectivity index (χ4n) is 10.7. The van der Waals surface area contributed by atoms with E-state index in [9.17, 15) is 0 Å². The van der Waals surface area contributed by atoms with Crippen molar-refractivity contribution in [2.45, 2.75) is 44.6 Å². The Labute approximate surface area is 408 Å². The Kier molecular flexibility index (Phi) is 14.1. The van der Waals surface area contributed by atoms with Gasteiger partial charge in [-0.1, -0.05) is 280 Å². The number of hydrogen-bond acceptors (Lipinski definition) is 3. The largest absolute Gasteiger partial charge is 0.426 e. The van der Waals surface area contributed by atoms with Gasteiger partial charge in [-0.05, 0) is 73.9 Å². The molecule has 68 heavy (non-hydrogen) atoms. The van der Waals surface area contributed by atoms with E-state index in [0.29, 0.717) is 0 Å². The molecule has 0 aliphatic heterocycles. The summed E-state index contributed by atoms with van der Waals surface area (Å²) in [6.07, 6.45) is 0.745. The van der Waals surface area contributed by atoms with Crippen molar-refractivity contribution in [2.75, 3.05) is 0 Å². The van der Waals surface area contributed by atoms with Gasteiger partial charge in [-0.15, -0.1) is 0 Å². The van der Waals surface area contributed by atoms with Gasteiger partial charge in [0, 0.05) is 0 Å². The Morgan fingerprint density at radius 1 is 0.353 bits per heavy atom. The molecule has 0 aromatic heterocycles. The van der Waals surface area contributed by atoms with E-state index >= 15 is 0 Å². The molecular weight excluding hydrogens is 893 g/mol. The van der Waals surface area contributed by atoms with Crippen molar-refractivity contribution in [1.82, 2.24) is 0 Å². The van der Waals surface area contributed by atoms with Crippen LogP contribution in [-0.4, -0.2) is 44.4 Å². The first-order valence-corrected chi connectivity index (χ1v) is 31.2. The van der Waals surface area contributed by atoms with E-state index in [-0.39, 0.29) is 0 Å². The normalized spacial score (nSPS) is 13.6. The average Bonchev–Trinajstić information content (AvgIpc) is 3.41. The molecule has 0 radical (unpaired) electrons. The van der Waals surface area contributed by atoms with Crippen LogP contribution in [0, 0.1) is 0 Å². The highest BCUT2D eigenvalue weighted by Crippen LogP contribution is 2.35. The summed E-state index contributed by atoms with van der Waals surface area (Å²) in [4.78, 5) is 0. The zero-order valence-electron chi connectivity index (χ0n) is 39.5. The lowest BCUT2D eigenvalue weighted by molar-refractivity contribution is 0.127. The average molecular weight is 953 g/mol. The molecule has 9 aromatic rings. The second-order valence-corrected chi connectivity index (χ2v) is 32.0. The third-order valence-electron chi connectivity index (χ3n) is 14.0. The molecule has 0 aliphatic rings. The van der Waals surface area contributed by atoms with Crippen LogP contribution in [0.25, 0.3) is 0 Å². The zero-order chi connectivity index (χ0) is 46.9. The van der Waals surface area contributed by atoms with Crippen LogP contribution in [0.3, 0.4) is 0 Å². The minimum Gasteiger partial charge on any atom is -0.426 e. The third kappa shape index (κ3) is 8.60. The van der Waals surface area contributed by atoms with Crippen LogP contribution in [0.1, 0.15) is 34.1 Å². The molecule has 3 nitrogen and oxygen atoms in total. The zero-order valence-corrected chi connectivity index (χ0v) is 43.6. The topological polar surface area (TPSA) is 27.7 Å². The molecule has 338 valence electrons. The Morgan fingerprint density at radius 2 is 0.618 bits per heavy atom. The van der Waals surface area contributed by atoms with Gasteiger partial charge >= 0.3 is 9.28 Å². The third-order valence-corrected chi connectivity index (χ3v) is 32.3. The van der Waals surface area contributed by atoms with E-state index in [2.05, 4.69) is 301 Å². The molecule has 0 aliphatic carbocycles. The highest BCUT2D eigenvalue weighted by molar-refractivity contribution is 7.13. The molecule has 0 saturated carbocycles. The molecule has 2 unspecified atom stereocenters. The number of hydrogen-bond donors (Lipinski definition) is 0. The molecule has 0 saturated heterocycles. The van der Waals surface area contributed by atoms with Gasteiger partial charge in [0.1, 0.15) is 0 Å². The van der Waals surface area contributed by atoms with Crippen LogP contribution >= 0.6 is 0 Å². The van der Waals surface area contributed by atoms with Gasteiger partial charge in [-0.25, -0.2) is 0 Å². The van der Waals surface area contributed by atoms with Crippen molar-refractivity contribution >= 4 is 80.7 Å². The summed E-state index contributed by atoms with van der Waals surface area (Å²) in [5.41, 5.74) is 0. The van der Waals surface area contributed by atoms with Crippen LogP contribution in [-0.2, 0) is 13.0 Å². The number of rotatable bonds is 18. The summed E-state index contributed by atoms with van der Waals surface area (Å²) in [7, 11) is -13.1. The highest BCUT2D eigenvalue weighted by Gasteiger charge is 2.61. The summed E-state index contributed by atoms with van der Waals surface area (Å²) in [6.45, 7) is 9.30. The molecule has 0 fully saturated rings. The predicted octanol–water partition coefficient (Wildman–Crippen LogP) is 7.79. The first kappa shape index (κ1) is 46.8. The van der Waals surface area contributed by atoms with Crippen molar-refractivity contribution in [1.29, 1.82) is 0 Å². The smallest absolute Gasteiger partial charge is 0.346 e. The Hall–Kier alpha value is -6.27. The molecule has 2 atom stereocenters. The SMILES string of the molecule is CCC(C)(O[SiH](O[Si](c1ccccc1)(c1ccccc1)C(C)(C)O[Si](c1ccccc1)(c1ccccc1)c1ccccc1)c1ccccc1)[Si](c1ccccc1)(c1ccccc1)c1ccccc1. The summed E-state index contributed by atoms with van der Waals surface area (Å²) in [5.74, 6) is 0. The van der Waals surface area contributed by atoms with Gasteiger partial charge in [0.05, 0.1) is 10.4 Å². The minimum atomic E-state index is -3.67. The Morgan fingerprint density at radius 3 is 0.912 bits per heavy atom. The standard InChI is InChI=1S/C61H60O3Si4/c1-5-61(4,66(52-35-17-7-18-36-52,53-37-19-8-20-38-53)54-39-21-9-22-40-54)62-65(51-33-15-6-16-34-51)64-68(58-47-29-13-30-48-58,59-49-31-14-32-50-59)60(2,3)63-67(55-41-23-10-24-42-55,56-43-25-11-26-44-56)57-45-27-12-28-46-57/h6-50,65H,5H2,1-4H3. The lowest BCUT2D eigenvalue weighted by atomic mass is 10.3. The van der Waals surface area contributed by atoms with Crippen LogP contribution in [0.5, 0.6) is 0 Å². The molecular formula is C61H60O3Si4. The molecule has 0 spiro atoms. The monoisotopic (exact) mass is 952 g/mol. The van der Waals surface area contributed by atoms with Crippen LogP contribution in [0.2, 0.25) is 0 Å². The Bertz CT molecular complexity index is 2700. The maximum Gasteiger partial charge on any atom is 0.346 e. The van der Waals surface area contributed by atoms with E-state index in [1.807, 2.05) is 0 Å². The van der Waals surface area contributed by atoms with Gasteiger partial charge < -0.3 is 13.0 Å². The van der Waals surface area contributed by atoms with Gasteiger partial charge in [0.15, 0.2) is 8.07 Å². The van der Waals surface area contributed by atoms with Crippen molar-refractivity contribution in [2.24, 2.45) is 0 Å². The van der Waals surface area contributed by atoms with Gasteiger partial charge in [-0.2, -0.15) is 0 Å². The summed E-state index contributed by atoms with van der Waals surface area (Å²) in [5, 5.41) is 9.10. The molecule has 0 bridgehead atoms. The van der Waals surface area contributed by atoms with E-state index < -0.39 is 44.4 Å². The predicted molar refractivity (Wildman–Crippen MR) is 295 cm³/mol. The van der Waals surface area contributed by atoms with Gasteiger partial charge in [0.25, 0.3) is 16.6 Å². The van der Waals surface area contributed by atoms with Gasteiger partial charge in [-0.3, -0.25) is 0 Å². The molecule has 7 heteroatoms. The fraction of sp³-hybridized carbons (Fsp3) is 0.115. The first-order chi connectivity index (χ1) is 33.3. The van der Waals surface area contributed by atoms with Crippen molar-refractivity contribution in [3.8, 4) is 0 Å². The molecule has 9 aromatic carbocycles. The second kappa shape index (κ2) is 20.5. The quantitative estimate of drug-likeness (QED) is 0.0651. The Balaban J connectivity index is 1.33. The van der Waals surface area contributed by atoms with Crippen molar-refractivity contribution in [3.63, 3.8) is 0 Å². The summed E-state index contributed by atoms with van der Waals surface area (Å²) >= 11 is 0. The van der Waals surface area contributed by atoms with Crippen LogP contribution in [0.15, 0.2) is 273 Å². The van der Waals surface area contributed by atoms with Crippen LogP contribution in [0.4, 0.5) is 0 Å².